The van der Waals surface area contributed by atoms with Gasteiger partial charge in [0.25, 0.3) is 0 Å². The van der Waals surface area contributed by atoms with Crippen molar-refractivity contribution in [3.05, 3.63) is 29.3 Å². The van der Waals surface area contributed by atoms with Gasteiger partial charge in [0.1, 0.15) is 5.75 Å². The number of rotatable bonds is 4. The molecule has 20 heavy (non-hydrogen) atoms. The molecule has 1 fully saturated rings. The molecule has 1 aromatic rings. The third kappa shape index (κ3) is 3.65. The highest BCUT2D eigenvalue weighted by Gasteiger charge is 2.15. The average molecular weight is 275 g/mol. The fourth-order valence-corrected chi connectivity index (χ4v) is 2.56. The average Bonchev–Trinajstić information content (AvgIpc) is 2.97. The summed E-state index contributed by atoms with van der Waals surface area (Å²) in [7, 11) is 1.71. The van der Waals surface area contributed by atoms with Gasteiger partial charge in [-0.25, -0.2) is 4.99 Å². The Balaban J connectivity index is 2.06. The Labute approximate surface area is 121 Å². The number of nitrogens with one attached hydrogen (secondary N) is 1. The molecule has 1 aromatic carbocycles. The van der Waals surface area contributed by atoms with Crippen molar-refractivity contribution in [1.29, 1.82) is 0 Å². The van der Waals surface area contributed by atoms with E-state index in [9.17, 15) is 0 Å². The van der Waals surface area contributed by atoms with Gasteiger partial charge in [-0.1, -0.05) is 12.1 Å². The molecule has 0 atom stereocenters. The predicted octanol–water partition coefficient (Wildman–Crippen LogP) is 2.56. The minimum Gasteiger partial charge on any atom is -0.496 e. The number of nitrogens with zero attached hydrogens (tertiary/aromatic N) is 2. The first kappa shape index (κ1) is 14.7. The van der Waals surface area contributed by atoms with E-state index >= 15 is 0 Å². The lowest BCUT2D eigenvalue weighted by Crippen LogP contribution is -2.39. The molecule has 0 bridgehead atoms. The second-order valence-corrected chi connectivity index (χ2v) is 5.17. The quantitative estimate of drug-likeness (QED) is 0.678. The molecule has 1 saturated heterocycles. The molecule has 110 valence electrons. The lowest BCUT2D eigenvalue weighted by atomic mass is 10.1. The fourth-order valence-electron chi connectivity index (χ4n) is 2.56. The topological polar surface area (TPSA) is 36.9 Å². The van der Waals surface area contributed by atoms with Gasteiger partial charge in [-0.2, -0.15) is 0 Å². The van der Waals surface area contributed by atoms with Crippen molar-refractivity contribution in [3.63, 3.8) is 0 Å². The molecule has 0 saturated carbocycles. The van der Waals surface area contributed by atoms with Gasteiger partial charge in [0, 0.05) is 19.6 Å². The van der Waals surface area contributed by atoms with Crippen molar-refractivity contribution in [2.24, 2.45) is 4.99 Å². The zero-order chi connectivity index (χ0) is 14.4. The largest absolute Gasteiger partial charge is 0.496 e. The van der Waals surface area contributed by atoms with Gasteiger partial charge < -0.3 is 15.0 Å². The van der Waals surface area contributed by atoms with Crippen molar-refractivity contribution < 1.29 is 4.74 Å². The molecule has 1 heterocycles. The summed E-state index contributed by atoms with van der Waals surface area (Å²) < 4.78 is 5.29. The number of hydrogen-bond acceptors (Lipinski definition) is 2. The Hall–Kier alpha value is -1.71. The highest BCUT2D eigenvalue weighted by molar-refractivity contribution is 5.80. The lowest BCUT2D eigenvalue weighted by molar-refractivity contribution is 0.411. The van der Waals surface area contributed by atoms with Gasteiger partial charge in [0.05, 0.1) is 13.7 Å². The summed E-state index contributed by atoms with van der Waals surface area (Å²) >= 11 is 0. The minimum atomic E-state index is 0.712. The summed E-state index contributed by atoms with van der Waals surface area (Å²) in [6.07, 6.45) is 2.54. The van der Waals surface area contributed by atoms with Crippen LogP contribution >= 0.6 is 0 Å². The Morgan fingerprint density at radius 1 is 1.35 bits per heavy atom. The summed E-state index contributed by atoms with van der Waals surface area (Å²) in [5, 5.41) is 3.38. The highest BCUT2D eigenvalue weighted by atomic mass is 16.5. The molecule has 0 radical (unpaired) electrons. The molecular weight excluding hydrogens is 250 g/mol. The maximum absolute atomic E-state index is 5.29. The maximum Gasteiger partial charge on any atom is 0.194 e. The minimum absolute atomic E-state index is 0.712. The number of likely N-dealkylation sites (tertiary alicyclic amines) is 1. The first-order valence-corrected chi connectivity index (χ1v) is 7.41. The summed E-state index contributed by atoms with van der Waals surface area (Å²) in [6.45, 7) is 8.04. The second-order valence-electron chi connectivity index (χ2n) is 5.17. The van der Waals surface area contributed by atoms with Crippen molar-refractivity contribution in [3.8, 4) is 5.75 Å². The Morgan fingerprint density at radius 2 is 2.10 bits per heavy atom. The highest BCUT2D eigenvalue weighted by Crippen LogP contribution is 2.19. The summed E-state index contributed by atoms with van der Waals surface area (Å²) in [5.41, 5.74) is 2.38. The van der Waals surface area contributed by atoms with E-state index in [1.807, 2.05) is 6.07 Å². The zero-order valence-corrected chi connectivity index (χ0v) is 12.8. The van der Waals surface area contributed by atoms with Crippen LogP contribution in [0.25, 0.3) is 0 Å². The second kappa shape index (κ2) is 7.17. The molecule has 0 spiro atoms. The van der Waals surface area contributed by atoms with Gasteiger partial charge >= 0.3 is 0 Å². The number of guanidine groups is 1. The molecule has 2 rings (SSSR count). The van der Waals surface area contributed by atoms with E-state index in [0.29, 0.717) is 6.54 Å². The van der Waals surface area contributed by atoms with Gasteiger partial charge in [-0.05, 0) is 43.9 Å². The first-order valence-electron chi connectivity index (χ1n) is 7.41. The molecule has 1 N–H and O–H groups in total. The van der Waals surface area contributed by atoms with Crippen molar-refractivity contribution in [2.45, 2.75) is 33.2 Å². The molecule has 4 nitrogen and oxygen atoms in total. The summed E-state index contributed by atoms with van der Waals surface area (Å²) in [6, 6.07) is 6.25. The van der Waals surface area contributed by atoms with E-state index in [2.05, 4.69) is 36.2 Å². The third-order valence-electron chi connectivity index (χ3n) is 3.61. The van der Waals surface area contributed by atoms with E-state index in [4.69, 9.17) is 9.73 Å². The summed E-state index contributed by atoms with van der Waals surface area (Å²) in [5.74, 6) is 1.97. The Kier molecular flexibility index (Phi) is 5.27. The van der Waals surface area contributed by atoms with E-state index < -0.39 is 0 Å². The van der Waals surface area contributed by atoms with Crippen LogP contribution in [0.3, 0.4) is 0 Å². The number of methoxy groups -OCH3 is 1. The molecule has 4 heteroatoms. The lowest BCUT2D eigenvalue weighted by Gasteiger charge is -2.20. The number of ether oxygens (including phenoxy) is 1. The molecule has 0 aliphatic carbocycles. The van der Waals surface area contributed by atoms with Crippen molar-refractivity contribution >= 4 is 5.96 Å². The van der Waals surface area contributed by atoms with Crippen molar-refractivity contribution in [2.75, 3.05) is 26.7 Å². The van der Waals surface area contributed by atoms with Crippen LogP contribution in [0.4, 0.5) is 0 Å². The van der Waals surface area contributed by atoms with Crippen LogP contribution in [-0.2, 0) is 6.54 Å². The van der Waals surface area contributed by atoms with Gasteiger partial charge in [-0.15, -0.1) is 0 Å². The van der Waals surface area contributed by atoms with Crippen LogP contribution in [0.15, 0.2) is 23.2 Å². The number of hydrogen-bond donors (Lipinski definition) is 1. The van der Waals surface area contributed by atoms with Crippen LogP contribution in [0.2, 0.25) is 0 Å². The predicted molar refractivity (Wildman–Crippen MR) is 83.4 cm³/mol. The standard InChI is InChI=1S/C16H25N3O/c1-4-17-16(19-9-5-6-10-19)18-12-14-7-8-15(20-3)13(2)11-14/h7-8,11H,4-6,9-10,12H2,1-3H3,(H,17,18). The van der Waals surface area contributed by atoms with Crippen LogP contribution in [0.1, 0.15) is 30.9 Å². The number of benzene rings is 1. The normalized spacial score (nSPS) is 15.6. The van der Waals surface area contributed by atoms with Crippen molar-refractivity contribution in [1.82, 2.24) is 10.2 Å². The van der Waals surface area contributed by atoms with E-state index in [1.165, 1.54) is 18.4 Å². The fraction of sp³-hybridized carbons (Fsp3) is 0.562. The molecule has 0 amide bonds. The summed E-state index contributed by atoms with van der Waals surface area (Å²) in [4.78, 5) is 7.10. The van der Waals surface area contributed by atoms with Crippen LogP contribution in [0.5, 0.6) is 5.75 Å². The van der Waals surface area contributed by atoms with Crippen LogP contribution in [0, 0.1) is 6.92 Å². The SMILES string of the molecule is CCNC(=NCc1ccc(OC)c(C)c1)N1CCCC1. The van der Waals surface area contributed by atoms with E-state index in [1.54, 1.807) is 7.11 Å². The van der Waals surface area contributed by atoms with E-state index in [0.717, 1.165) is 36.9 Å². The third-order valence-corrected chi connectivity index (χ3v) is 3.61. The maximum atomic E-state index is 5.29. The molecule has 0 unspecified atom stereocenters. The molecule has 1 aliphatic heterocycles. The van der Waals surface area contributed by atoms with Gasteiger partial charge in [-0.3, -0.25) is 0 Å². The first-order chi connectivity index (χ1) is 9.74. The van der Waals surface area contributed by atoms with Gasteiger partial charge in [0.2, 0.25) is 0 Å². The molecule has 0 aromatic heterocycles. The monoisotopic (exact) mass is 275 g/mol. The number of aryl methyl sites for hydroxylation is 1. The Morgan fingerprint density at radius 3 is 2.70 bits per heavy atom. The van der Waals surface area contributed by atoms with Crippen LogP contribution in [-0.4, -0.2) is 37.6 Å². The molecule has 1 aliphatic rings. The smallest absolute Gasteiger partial charge is 0.194 e. The van der Waals surface area contributed by atoms with Gasteiger partial charge in [0.15, 0.2) is 5.96 Å². The Bertz CT molecular complexity index is 465. The van der Waals surface area contributed by atoms with Crippen LogP contribution < -0.4 is 10.1 Å². The zero-order valence-electron chi connectivity index (χ0n) is 12.8. The molecular formula is C16H25N3O. The number of aliphatic imine (C=N–C) groups is 1. The van der Waals surface area contributed by atoms with E-state index in [-0.39, 0.29) is 0 Å².